The summed E-state index contributed by atoms with van der Waals surface area (Å²) < 4.78 is 0. The average molecular weight is 303 g/mol. The van der Waals surface area contributed by atoms with E-state index < -0.39 is 5.41 Å². The number of nitrogens with zero attached hydrogens (tertiary/aromatic N) is 2. The van der Waals surface area contributed by atoms with E-state index in [1.54, 1.807) is 4.90 Å². The van der Waals surface area contributed by atoms with Crippen LogP contribution in [0.1, 0.15) is 12.0 Å². The van der Waals surface area contributed by atoms with E-state index in [1.807, 2.05) is 30.3 Å². The second kappa shape index (κ2) is 5.13. The summed E-state index contributed by atoms with van der Waals surface area (Å²) in [5, 5.41) is 12.1. The molecule has 2 heterocycles. The monoisotopic (exact) mass is 303 g/mol. The van der Waals surface area contributed by atoms with E-state index in [0.717, 1.165) is 23.2 Å². The van der Waals surface area contributed by atoms with Crippen molar-refractivity contribution >= 4 is 11.6 Å². The van der Waals surface area contributed by atoms with Crippen molar-refractivity contribution in [2.24, 2.45) is 5.41 Å². The molecule has 0 radical (unpaired) electrons. The number of fused-ring (bicyclic) bond motifs is 1. The topological polar surface area (TPSA) is 56.1 Å². The van der Waals surface area contributed by atoms with E-state index in [2.05, 4.69) is 29.7 Å². The highest BCUT2D eigenvalue weighted by Gasteiger charge is 2.47. The number of rotatable bonds is 1. The van der Waals surface area contributed by atoms with Gasteiger partial charge in [-0.2, -0.15) is 5.26 Å². The van der Waals surface area contributed by atoms with Gasteiger partial charge in [-0.1, -0.05) is 36.4 Å². The number of benzene rings is 2. The predicted octanol–water partition coefficient (Wildman–Crippen LogP) is 3.02. The number of anilines is 1. The van der Waals surface area contributed by atoms with Crippen molar-refractivity contribution in [2.45, 2.75) is 12.8 Å². The summed E-state index contributed by atoms with van der Waals surface area (Å²) in [4.78, 5) is 14.2. The van der Waals surface area contributed by atoms with E-state index in [0.29, 0.717) is 19.5 Å². The molecule has 4 nitrogen and oxygen atoms in total. The molecule has 0 aromatic heterocycles. The third kappa shape index (κ3) is 2.25. The minimum absolute atomic E-state index is 0.0511. The third-order valence-corrected chi connectivity index (χ3v) is 4.97. The molecule has 0 saturated carbocycles. The highest BCUT2D eigenvalue weighted by atomic mass is 16.2. The maximum atomic E-state index is 12.6. The Balaban J connectivity index is 1.71. The zero-order chi connectivity index (χ0) is 15.9. The SMILES string of the molecule is N#CN1CC[C@]2(Cc3cc(-c4ccccc4)ccc3NC2=O)C1. The first-order valence-corrected chi connectivity index (χ1v) is 7.85. The highest BCUT2D eigenvalue weighted by Crippen LogP contribution is 2.41. The third-order valence-electron chi connectivity index (χ3n) is 4.97. The van der Waals surface area contributed by atoms with Crippen molar-refractivity contribution < 1.29 is 4.79 Å². The van der Waals surface area contributed by atoms with E-state index in [9.17, 15) is 4.79 Å². The zero-order valence-corrected chi connectivity index (χ0v) is 12.7. The van der Waals surface area contributed by atoms with Crippen molar-refractivity contribution in [1.29, 1.82) is 5.26 Å². The van der Waals surface area contributed by atoms with Crippen molar-refractivity contribution in [3.05, 3.63) is 54.1 Å². The second-order valence-electron chi connectivity index (χ2n) is 6.42. The van der Waals surface area contributed by atoms with Crippen molar-refractivity contribution in [1.82, 2.24) is 4.90 Å². The number of nitriles is 1. The number of amides is 1. The van der Waals surface area contributed by atoms with Gasteiger partial charge >= 0.3 is 0 Å². The lowest BCUT2D eigenvalue weighted by atomic mass is 9.76. The molecule has 0 unspecified atom stereocenters. The van der Waals surface area contributed by atoms with Crippen LogP contribution >= 0.6 is 0 Å². The van der Waals surface area contributed by atoms with Crippen LogP contribution in [0.25, 0.3) is 11.1 Å². The molecular formula is C19H17N3O. The van der Waals surface area contributed by atoms with Gasteiger partial charge in [0, 0.05) is 18.8 Å². The van der Waals surface area contributed by atoms with Gasteiger partial charge in [0.2, 0.25) is 5.91 Å². The van der Waals surface area contributed by atoms with Crippen LogP contribution < -0.4 is 5.32 Å². The molecule has 1 N–H and O–H groups in total. The maximum Gasteiger partial charge on any atom is 0.232 e. The molecule has 1 fully saturated rings. The van der Waals surface area contributed by atoms with Gasteiger partial charge in [-0.25, -0.2) is 0 Å². The fourth-order valence-corrected chi connectivity index (χ4v) is 3.66. The van der Waals surface area contributed by atoms with Crippen LogP contribution in [0.5, 0.6) is 0 Å². The average Bonchev–Trinajstić information content (AvgIpc) is 3.01. The Bertz CT molecular complexity index is 809. The normalized spacial score (nSPS) is 22.6. The smallest absolute Gasteiger partial charge is 0.232 e. The van der Waals surface area contributed by atoms with E-state index >= 15 is 0 Å². The lowest BCUT2D eigenvalue weighted by molar-refractivity contribution is -0.125. The van der Waals surface area contributed by atoms with Gasteiger partial charge in [0.25, 0.3) is 0 Å². The maximum absolute atomic E-state index is 12.6. The van der Waals surface area contributed by atoms with Crippen LogP contribution in [-0.2, 0) is 11.2 Å². The van der Waals surface area contributed by atoms with Gasteiger partial charge in [-0.15, -0.1) is 0 Å². The van der Waals surface area contributed by atoms with Crippen LogP contribution in [0, 0.1) is 16.9 Å². The number of hydrogen-bond acceptors (Lipinski definition) is 3. The molecule has 1 amide bonds. The summed E-state index contributed by atoms with van der Waals surface area (Å²) in [5.74, 6) is 0.0511. The van der Waals surface area contributed by atoms with Crippen LogP contribution in [0.2, 0.25) is 0 Å². The number of nitrogens with one attached hydrogen (secondary N) is 1. The lowest BCUT2D eigenvalue weighted by Gasteiger charge is -2.33. The molecule has 2 aromatic rings. The van der Waals surface area contributed by atoms with E-state index in [4.69, 9.17) is 5.26 Å². The summed E-state index contributed by atoms with van der Waals surface area (Å²) in [6, 6.07) is 16.4. The van der Waals surface area contributed by atoms with Crippen molar-refractivity contribution in [3.8, 4) is 17.3 Å². The Hall–Kier alpha value is -2.80. The first-order chi connectivity index (χ1) is 11.2. The summed E-state index contributed by atoms with van der Waals surface area (Å²) in [5.41, 5.74) is 3.93. The van der Waals surface area contributed by atoms with Crippen molar-refractivity contribution in [2.75, 3.05) is 18.4 Å². The van der Waals surface area contributed by atoms with Crippen LogP contribution in [0.4, 0.5) is 5.69 Å². The predicted molar refractivity (Wildman–Crippen MR) is 88.4 cm³/mol. The van der Waals surface area contributed by atoms with Crippen LogP contribution in [0.3, 0.4) is 0 Å². The molecule has 2 aliphatic heterocycles. The van der Waals surface area contributed by atoms with Gasteiger partial charge < -0.3 is 10.2 Å². The molecule has 114 valence electrons. The lowest BCUT2D eigenvalue weighted by Crippen LogP contribution is -2.43. The Labute approximate surface area is 135 Å². The number of carbonyl (C=O) groups excluding carboxylic acids is 1. The quantitative estimate of drug-likeness (QED) is 0.824. The Morgan fingerprint density at radius 2 is 1.96 bits per heavy atom. The molecular weight excluding hydrogens is 286 g/mol. The second-order valence-corrected chi connectivity index (χ2v) is 6.42. The molecule has 1 saturated heterocycles. The van der Waals surface area contributed by atoms with Gasteiger partial charge in [-0.05, 0) is 41.7 Å². The minimum atomic E-state index is -0.460. The van der Waals surface area contributed by atoms with Crippen molar-refractivity contribution in [3.63, 3.8) is 0 Å². The van der Waals surface area contributed by atoms with Crippen LogP contribution in [0.15, 0.2) is 48.5 Å². The molecule has 0 aliphatic carbocycles. The molecule has 23 heavy (non-hydrogen) atoms. The first-order valence-electron chi connectivity index (χ1n) is 7.85. The molecule has 2 aromatic carbocycles. The summed E-state index contributed by atoms with van der Waals surface area (Å²) in [7, 11) is 0. The number of likely N-dealkylation sites (tertiary alicyclic amines) is 1. The van der Waals surface area contributed by atoms with Crippen LogP contribution in [-0.4, -0.2) is 23.9 Å². The summed E-state index contributed by atoms with van der Waals surface area (Å²) in [6.45, 7) is 1.18. The fourth-order valence-electron chi connectivity index (χ4n) is 3.66. The van der Waals surface area contributed by atoms with Gasteiger partial charge in [-0.3, -0.25) is 4.79 Å². The number of carbonyl (C=O) groups is 1. The molecule has 1 spiro atoms. The van der Waals surface area contributed by atoms with E-state index in [1.165, 1.54) is 5.56 Å². The largest absolute Gasteiger partial charge is 0.325 e. The molecule has 4 rings (SSSR count). The molecule has 1 atom stereocenters. The van der Waals surface area contributed by atoms with Gasteiger partial charge in [0.15, 0.2) is 6.19 Å². The summed E-state index contributed by atoms with van der Waals surface area (Å²) >= 11 is 0. The highest BCUT2D eigenvalue weighted by molar-refractivity contribution is 5.99. The minimum Gasteiger partial charge on any atom is -0.325 e. The fraction of sp³-hybridized carbons (Fsp3) is 0.263. The Morgan fingerprint density at radius 1 is 1.13 bits per heavy atom. The van der Waals surface area contributed by atoms with E-state index in [-0.39, 0.29) is 5.91 Å². The standard InChI is InChI=1S/C19H17N3O/c20-13-22-9-8-19(12-22)11-16-10-15(14-4-2-1-3-5-14)6-7-17(16)21-18(19)23/h1-7,10H,8-9,11-12H2,(H,21,23)/t19-/m0/s1. The zero-order valence-electron chi connectivity index (χ0n) is 12.7. The van der Waals surface area contributed by atoms with Gasteiger partial charge in [0.1, 0.15) is 0 Å². The summed E-state index contributed by atoms with van der Waals surface area (Å²) in [6.07, 6.45) is 3.61. The molecule has 4 heteroatoms. The first kappa shape index (κ1) is 13.8. The molecule has 0 bridgehead atoms. The number of hydrogen-bond donors (Lipinski definition) is 1. The molecule has 2 aliphatic rings. The van der Waals surface area contributed by atoms with Gasteiger partial charge in [0.05, 0.1) is 5.41 Å². The Kier molecular flexibility index (Phi) is 3.09. The Morgan fingerprint density at radius 3 is 2.70 bits per heavy atom.